The van der Waals surface area contributed by atoms with Gasteiger partial charge in [0.15, 0.2) is 5.82 Å². The molecule has 8 heavy (non-hydrogen) atoms. The Morgan fingerprint density at radius 2 is 1.50 bits per heavy atom. The normalized spacial score (nSPS) is 11.2. The number of nitrogens with zero attached hydrogens (tertiary/aromatic N) is 4. The maximum Gasteiger partial charge on any atom is 0.188 e. The summed E-state index contributed by atoms with van der Waals surface area (Å²) < 4.78 is 0. The van der Waals surface area contributed by atoms with Gasteiger partial charge in [0.1, 0.15) is 0 Å². The van der Waals surface area contributed by atoms with E-state index in [2.05, 4.69) is 27.0 Å². The van der Waals surface area contributed by atoms with Crippen LogP contribution in [-0.4, -0.2) is 14.1 Å². The third kappa shape index (κ3) is 3.14. The lowest BCUT2D eigenvalue weighted by Crippen LogP contribution is -1.62. The molecule has 0 heterocycles. The Balaban J connectivity index is 3.66. The smallest absolute Gasteiger partial charge is 0.188 e. The van der Waals surface area contributed by atoms with Gasteiger partial charge >= 0.3 is 0 Å². The molecule has 0 radical (unpaired) electrons. The maximum atomic E-state index is 3.48. The van der Waals surface area contributed by atoms with E-state index in [1.807, 2.05) is 0 Å². The number of rotatable bonds is 2. The second kappa shape index (κ2) is 4.11. The van der Waals surface area contributed by atoms with E-state index in [1.54, 1.807) is 14.1 Å². The summed E-state index contributed by atoms with van der Waals surface area (Å²) in [6.45, 7) is 3.41. The molecular weight excluding hydrogens is 104 g/mol. The molecule has 0 aliphatic carbocycles. The first-order valence-electron chi connectivity index (χ1n) is 2.10. The zero-order valence-electron chi connectivity index (χ0n) is 5.00. The highest BCUT2D eigenvalue weighted by Crippen LogP contribution is 1.93. The molecule has 0 aliphatic heterocycles. The Hall–Kier alpha value is -1.06. The highest BCUT2D eigenvalue weighted by molar-refractivity contribution is 4.83. The van der Waals surface area contributed by atoms with Crippen molar-refractivity contribution < 1.29 is 0 Å². The quantitative estimate of drug-likeness (QED) is 0.487. The van der Waals surface area contributed by atoms with Crippen LogP contribution in [0.4, 0.5) is 0 Å². The summed E-state index contributed by atoms with van der Waals surface area (Å²) in [4.78, 5) is 0. The predicted molar refractivity (Wildman–Crippen MR) is 30.7 cm³/mol. The summed E-state index contributed by atoms with van der Waals surface area (Å²) >= 11 is 0. The predicted octanol–water partition coefficient (Wildman–Crippen LogP) is 1.62. The fourth-order valence-corrected chi connectivity index (χ4v) is 0.251. The van der Waals surface area contributed by atoms with Crippen LogP contribution in [0.15, 0.2) is 32.9 Å². The second-order valence-electron chi connectivity index (χ2n) is 1.02. The van der Waals surface area contributed by atoms with Crippen LogP contribution >= 0.6 is 0 Å². The Morgan fingerprint density at radius 3 is 1.75 bits per heavy atom. The summed E-state index contributed by atoms with van der Waals surface area (Å²) in [5, 5.41) is 13.8. The van der Waals surface area contributed by atoms with E-state index < -0.39 is 0 Å². The summed E-state index contributed by atoms with van der Waals surface area (Å²) in [6.07, 6.45) is 0. The van der Waals surface area contributed by atoms with Gasteiger partial charge in [-0.3, -0.25) is 0 Å². The molecular formula is C4H8N4. The van der Waals surface area contributed by atoms with Crippen LogP contribution in [0.2, 0.25) is 0 Å². The van der Waals surface area contributed by atoms with E-state index in [0.717, 1.165) is 0 Å². The molecule has 4 heteroatoms. The van der Waals surface area contributed by atoms with Crippen LogP contribution in [-0.2, 0) is 0 Å². The van der Waals surface area contributed by atoms with Crippen molar-refractivity contribution in [2.75, 3.05) is 14.1 Å². The Bertz CT molecular complexity index is 110. The lowest BCUT2D eigenvalue weighted by atomic mass is 10.9. The third-order valence-electron chi connectivity index (χ3n) is 0.431. The van der Waals surface area contributed by atoms with Crippen LogP contribution in [0.1, 0.15) is 0 Å². The van der Waals surface area contributed by atoms with Gasteiger partial charge in [0.2, 0.25) is 0 Å². The molecule has 0 aromatic carbocycles. The molecule has 0 unspecified atom stereocenters. The van der Waals surface area contributed by atoms with Gasteiger partial charge in [-0.2, -0.15) is 10.2 Å². The van der Waals surface area contributed by atoms with Gasteiger partial charge in [-0.05, 0) is 0 Å². The minimum Gasteiger partial charge on any atom is -0.190 e. The van der Waals surface area contributed by atoms with Crippen molar-refractivity contribution in [2.24, 2.45) is 20.5 Å². The molecule has 0 saturated heterocycles. The lowest BCUT2D eigenvalue weighted by Gasteiger charge is -1.79. The van der Waals surface area contributed by atoms with Gasteiger partial charge in [-0.15, -0.1) is 10.2 Å². The van der Waals surface area contributed by atoms with E-state index in [9.17, 15) is 0 Å². The zero-order chi connectivity index (χ0) is 6.41. The van der Waals surface area contributed by atoms with Gasteiger partial charge in [0.05, 0.1) is 0 Å². The highest BCUT2D eigenvalue weighted by Gasteiger charge is 1.77. The fraction of sp³-hybridized carbons (Fsp3) is 0.500. The van der Waals surface area contributed by atoms with Gasteiger partial charge in [-0.25, -0.2) is 0 Å². The van der Waals surface area contributed by atoms with Crippen LogP contribution in [0.25, 0.3) is 0 Å². The van der Waals surface area contributed by atoms with Crippen LogP contribution in [0.5, 0.6) is 0 Å². The molecule has 0 atom stereocenters. The minimum atomic E-state index is 0.329. The van der Waals surface area contributed by atoms with E-state index in [-0.39, 0.29) is 0 Å². The van der Waals surface area contributed by atoms with E-state index in [1.165, 1.54) is 0 Å². The molecule has 44 valence electrons. The van der Waals surface area contributed by atoms with E-state index in [0.29, 0.717) is 5.82 Å². The van der Waals surface area contributed by atoms with Crippen molar-refractivity contribution in [3.8, 4) is 0 Å². The molecule has 0 saturated carbocycles. The lowest BCUT2D eigenvalue weighted by molar-refractivity contribution is 0.993. The van der Waals surface area contributed by atoms with Crippen molar-refractivity contribution in [2.45, 2.75) is 0 Å². The molecule has 0 bridgehead atoms. The maximum absolute atomic E-state index is 3.48. The zero-order valence-corrected chi connectivity index (χ0v) is 5.00. The SMILES string of the molecule is C=C(N=NC)N=NC. The molecule has 4 nitrogen and oxygen atoms in total. The summed E-state index contributed by atoms with van der Waals surface area (Å²) in [6, 6.07) is 0. The van der Waals surface area contributed by atoms with Crippen LogP contribution in [0.3, 0.4) is 0 Å². The number of hydrogen-bond donors (Lipinski definition) is 0. The molecule has 0 aromatic heterocycles. The molecule has 0 amide bonds. The third-order valence-corrected chi connectivity index (χ3v) is 0.431. The average Bonchev–Trinajstić information content (AvgIpc) is 1.68. The molecule has 0 fully saturated rings. The van der Waals surface area contributed by atoms with E-state index in [4.69, 9.17) is 0 Å². The number of hydrogen-bond acceptors (Lipinski definition) is 4. The van der Waals surface area contributed by atoms with Gasteiger partial charge < -0.3 is 0 Å². The second-order valence-corrected chi connectivity index (χ2v) is 1.02. The van der Waals surface area contributed by atoms with Crippen LogP contribution < -0.4 is 0 Å². The van der Waals surface area contributed by atoms with Gasteiger partial charge in [0, 0.05) is 14.1 Å². The first-order valence-corrected chi connectivity index (χ1v) is 2.10. The molecule has 0 aromatic rings. The highest BCUT2D eigenvalue weighted by atomic mass is 15.2. The topological polar surface area (TPSA) is 49.4 Å². The Labute approximate surface area is 48.0 Å². The largest absolute Gasteiger partial charge is 0.190 e. The van der Waals surface area contributed by atoms with E-state index >= 15 is 0 Å². The fourth-order valence-electron chi connectivity index (χ4n) is 0.251. The monoisotopic (exact) mass is 112 g/mol. The molecule has 0 N–H and O–H groups in total. The molecule has 0 spiro atoms. The first kappa shape index (κ1) is 6.94. The summed E-state index contributed by atoms with van der Waals surface area (Å²) in [5.74, 6) is 0.329. The standard InChI is InChI=1S/C4H8N4/c1-4(7-5-2)8-6-3/h1H2,2-3H3. The minimum absolute atomic E-state index is 0.329. The van der Waals surface area contributed by atoms with Crippen molar-refractivity contribution in [1.29, 1.82) is 0 Å². The van der Waals surface area contributed by atoms with Gasteiger partial charge in [-0.1, -0.05) is 6.58 Å². The first-order chi connectivity index (χ1) is 3.81. The molecule has 0 rings (SSSR count). The number of azo groups is 2. The molecule has 0 aliphatic rings. The average molecular weight is 112 g/mol. The van der Waals surface area contributed by atoms with Crippen molar-refractivity contribution in [3.05, 3.63) is 12.4 Å². The Morgan fingerprint density at radius 1 is 1.12 bits per heavy atom. The van der Waals surface area contributed by atoms with Crippen molar-refractivity contribution >= 4 is 0 Å². The van der Waals surface area contributed by atoms with Crippen molar-refractivity contribution in [1.82, 2.24) is 0 Å². The van der Waals surface area contributed by atoms with Crippen molar-refractivity contribution in [3.63, 3.8) is 0 Å². The van der Waals surface area contributed by atoms with Gasteiger partial charge in [0.25, 0.3) is 0 Å². The Kier molecular flexibility index (Phi) is 3.56. The van der Waals surface area contributed by atoms with Crippen LogP contribution in [0, 0.1) is 0 Å². The summed E-state index contributed by atoms with van der Waals surface area (Å²) in [5.41, 5.74) is 0. The summed E-state index contributed by atoms with van der Waals surface area (Å²) in [7, 11) is 3.10.